The maximum atomic E-state index is 13.7. The number of aromatic amines is 1. The molecule has 5 N–H and O–H groups in total. The second-order valence-corrected chi connectivity index (χ2v) is 8.23. The molecule has 2 heterocycles. The first-order chi connectivity index (χ1) is 15.4. The van der Waals surface area contributed by atoms with Crippen molar-refractivity contribution in [3.8, 4) is 0 Å². The molecule has 0 aliphatic rings. The third-order valence-electron chi connectivity index (χ3n) is 4.57. The van der Waals surface area contributed by atoms with Crippen molar-refractivity contribution in [1.82, 2.24) is 9.55 Å². The highest BCUT2D eigenvalue weighted by molar-refractivity contribution is 6.59. The van der Waals surface area contributed by atoms with Gasteiger partial charge in [0.15, 0.2) is 0 Å². The Morgan fingerprint density at radius 2 is 1.55 bits per heavy atom. The van der Waals surface area contributed by atoms with Gasteiger partial charge < -0.3 is 29.8 Å². The lowest BCUT2D eigenvalue weighted by Crippen LogP contribution is -2.40. The smallest absolute Gasteiger partial charge is 0.443 e. The van der Waals surface area contributed by atoms with E-state index in [1.54, 1.807) is 32.9 Å². The first-order valence-corrected chi connectivity index (χ1v) is 9.91. The fourth-order valence-corrected chi connectivity index (χ4v) is 3.20. The van der Waals surface area contributed by atoms with E-state index < -0.39 is 31.7 Å². The fourth-order valence-electron chi connectivity index (χ4n) is 3.20. The lowest BCUT2D eigenvalue weighted by molar-refractivity contribution is 0.0547. The van der Waals surface area contributed by atoms with Gasteiger partial charge in [0.05, 0.1) is 11.1 Å². The zero-order valence-corrected chi connectivity index (χ0v) is 18.1. The Balaban J connectivity index is 0.000000203. The third-order valence-corrected chi connectivity index (χ3v) is 4.57. The number of rotatable bonds is 2. The van der Waals surface area contributed by atoms with Crippen LogP contribution < -0.4 is 11.2 Å². The Bertz CT molecular complexity index is 1300. The minimum absolute atomic E-state index is 0.126. The lowest BCUT2D eigenvalue weighted by Gasteiger charge is -2.20. The molecular weight excluding hydrogens is 436 g/mol. The Labute approximate surface area is 188 Å². The van der Waals surface area contributed by atoms with Gasteiger partial charge in [0.25, 0.3) is 0 Å². The molecular formula is C21H22B2F2N2O6. The summed E-state index contributed by atoms with van der Waals surface area (Å²) in [5.41, 5.74) is 0.0866. The molecule has 4 aromatic rings. The number of hydrogen-bond donors (Lipinski definition) is 5. The highest BCUT2D eigenvalue weighted by Gasteiger charge is 2.27. The zero-order valence-electron chi connectivity index (χ0n) is 18.1. The van der Waals surface area contributed by atoms with Crippen LogP contribution >= 0.6 is 0 Å². The molecule has 12 heteroatoms. The van der Waals surface area contributed by atoms with Crippen molar-refractivity contribution in [2.24, 2.45) is 0 Å². The van der Waals surface area contributed by atoms with Crippen LogP contribution in [0.25, 0.3) is 21.8 Å². The van der Waals surface area contributed by atoms with Crippen molar-refractivity contribution in [1.29, 1.82) is 0 Å². The summed E-state index contributed by atoms with van der Waals surface area (Å²) in [5, 5.41) is 36.8. The second kappa shape index (κ2) is 9.36. The van der Waals surface area contributed by atoms with E-state index in [-0.39, 0.29) is 27.9 Å². The molecule has 0 saturated carbocycles. The number of carbonyl (C=O) groups excluding carboxylic acids is 1. The molecule has 2 aromatic heterocycles. The number of halogens is 2. The van der Waals surface area contributed by atoms with Crippen LogP contribution in [0.1, 0.15) is 20.8 Å². The van der Waals surface area contributed by atoms with Gasteiger partial charge in [-0.2, -0.15) is 0 Å². The number of H-pyrrole nitrogens is 1. The summed E-state index contributed by atoms with van der Waals surface area (Å²) in [7, 11) is -3.50. The number of benzene rings is 2. The normalized spacial score (nSPS) is 11.3. The molecule has 0 fully saturated rings. The van der Waals surface area contributed by atoms with E-state index in [1.807, 2.05) is 0 Å². The third kappa shape index (κ3) is 5.42. The molecule has 0 spiro atoms. The van der Waals surface area contributed by atoms with E-state index in [4.69, 9.17) is 14.8 Å². The lowest BCUT2D eigenvalue weighted by atomic mass is 9.86. The van der Waals surface area contributed by atoms with Crippen LogP contribution in [-0.2, 0) is 4.74 Å². The van der Waals surface area contributed by atoms with Gasteiger partial charge in [0, 0.05) is 21.9 Å². The summed E-state index contributed by atoms with van der Waals surface area (Å²) in [6, 6.07) is 11.3. The second-order valence-electron chi connectivity index (χ2n) is 8.23. The predicted octanol–water partition coefficient (Wildman–Crippen LogP) is 1.23. The van der Waals surface area contributed by atoms with E-state index >= 15 is 0 Å². The minimum Gasteiger partial charge on any atom is -0.443 e. The van der Waals surface area contributed by atoms with Gasteiger partial charge in [0.1, 0.15) is 17.2 Å². The summed E-state index contributed by atoms with van der Waals surface area (Å²) >= 11 is 0. The number of ether oxygens (including phenoxy) is 1. The summed E-state index contributed by atoms with van der Waals surface area (Å²) in [6.07, 6.45) is -0.791. The van der Waals surface area contributed by atoms with E-state index in [2.05, 4.69) is 4.98 Å². The largest absolute Gasteiger partial charge is 0.506 e. The Morgan fingerprint density at radius 1 is 0.939 bits per heavy atom. The predicted molar refractivity (Wildman–Crippen MR) is 121 cm³/mol. The molecule has 0 aliphatic carbocycles. The topological polar surface area (TPSA) is 128 Å². The molecule has 0 radical (unpaired) electrons. The van der Waals surface area contributed by atoms with Crippen molar-refractivity contribution < 1.29 is 38.4 Å². The monoisotopic (exact) mass is 458 g/mol. The van der Waals surface area contributed by atoms with Crippen LogP contribution in [0.4, 0.5) is 13.6 Å². The molecule has 0 saturated heterocycles. The molecule has 8 nitrogen and oxygen atoms in total. The zero-order chi connectivity index (χ0) is 24.5. The average molecular weight is 458 g/mol. The molecule has 4 rings (SSSR count). The van der Waals surface area contributed by atoms with Crippen molar-refractivity contribution in [3.63, 3.8) is 0 Å². The molecule has 0 unspecified atom stereocenters. The number of carbonyl (C=O) groups is 1. The summed E-state index contributed by atoms with van der Waals surface area (Å²) < 4.78 is 33.0. The van der Waals surface area contributed by atoms with Gasteiger partial charge in [-0.05, 0) is 57.2 Å². The van der Waals surface area contributed by atoms with Crippen LogP contribution in [0.2, 0.25) is 0 Å². The maximum Gasteiger partial charge on any atom is 0.506 e. The standard InChI is InChI=1S/C13H15BFNO4.C8H7BFNO2/c1-13(2,3)20-12(17)16-10-6-4-5-9(15)8(10)7-11(16)14(18)19;10-6-2-1-3-7-5(6)4-8(11-7)9(12)13/h4-7,18-19H,1-3H3;1-4,11-13H. The van der Waals surface area contributed by atoms with E-state index in [1.165, 1.54) is 36.4 Å². The fraction of sp³-hybridized carbons (Fsp3) is 0.190. The first kappa shape index (κ1) is 24.5. The molecule has 2 aromatic carbocycles. The van der Waals surface area contributed by atoms with Crippen LogP contribution in [0.15, 0.2) is 48.5 Å². The van der Waals surface area contributed by atoms with Gasteiger partial charge in [-0.1, -0.05) is 12.1 Å². The van der Waals surface area contributed by atoms with Gasteiger partial charge in [0.2, 0.25) is 0 Å². The van der Waals surface area contributed by atoms with Crippen LogP contribution in [0.3, 0.4) is 0 Å². The Kier molecular flexibility index (Phi) is 6.94. The molecule has 0 atom stereocenters. The molecule has 172 valence electrons. The van der Waals surface area contributed by atoms with E-state index in [0.29, 0.717) is 10.9 Å². The van der Waals surface area contributed by atoms with E-state index in [0.717, 1.165) is 4.57 Å². The molecule has 33 heavy (non-hydrogen) atoms. The number of hydrogen-bond acceptors (Lipinski definition) is 6. The quantitative estimate of drug-likeness (QED) is 0.288. The van der Waals surface area contributed by atoms with Crippen LogP contribution in [0, 0.1) is 11.6 Å². The first-order valence-electron chi connectivity index (χ1n) is 9.91. The molecule has 0 aliphatic heterocycles. The number of aromatic nitrogens is 2. The maximum absolute atomic E-state index is 13.7. The summed E-state index contributed by atoms with van der Waals surface area (Å²) in [5.74, 6) is -0.924. The minimum atomic E-state index is -1.91. The van der Waals surface area contributed by atoms with Crippen LogP contribution in [0.5, 0.6) is 0 Å². The Morgan fingerprint density at radius 3 is 2.09 bits per heavy atom. The number of nitrogens with one attached hydrogen (secondary N) is 1. The Hall–Kier alpha value is -3.18. The highest BCUT2D eigenvalue weighted by atomic mass is 19.1. The molecule has 0 bridgehead atoms. The van der Waals surface area contributed by atoms with Crippen molar-refractivity contribution in [3.05, 3.63) is 60.2 Å². The average Bonchev–Trinajstić information content (AvgIpc) is 3.31. The summed E-state index contributed by atoms with van der Waals surface area (Å²) in [6.45, 7) is 5.06. The molecule has 0 amide bonds. The van der Waals surface area contributed by atoms with Crippen molar-refractivity contribution in [2.45, 2.75) is 26.4 Å². The van der Waals surface area contributed by atoms with Gasteiger partial charge >= 0.3 is 20.3 Å². The van der Waals surface area contributed by atoms with Crippen molar-refractivity contribution >= 4 is 53.3 Å². The van der Waals surface area contributed by atoms with Crippen molar-refractivity contribution in [2.75, 3.05) is 0 Å². The summed E-state index contributed by atoms with van der Waals surface area (Å²) in [4.78, 5) is 14.9. The number of nitrogens with zero attached hydrogens (tertiary/aromatic N) is 1. The van der Waals surface area contributed by atoms with E-state index in [9.17, 15) is 23.6 Å². The van der Waals surface area contributed by atoms with Crippen LogP contribution in [-0.4, -0.2) is 55.6 Å². The van der Waals surface area contributed by atoms with Gasteiger partial charge in [-0.15, -0.1) is 0 Å². The SMILES string of the molecule is CC(C)(C)OC(=O)n1c(B(O)O)cc2c(F)cccc21.OB(O)c1cc2c(F)cccc2[nH]1. The number of fused-ring (bicyclic) bond motifs is 2. The highest BCUT2D eigenvalue weighted by Crippen LogP contribution is 2.20. The van der Waals surface area contributed by atoms with Gasteiger partial charge in [-0.25, -0.2) is 13.6 Å². The van der Waals surface area contributed by atoms with Gasteiger partial charge in [-0.3, -0.25) is 4.57 Å².